The second-order valence-corrected chi connectivity index (χ2v) is 7.14. The maximum absolute atomic E-state index is 12.4. The second kappa shape index (κ2) is 2.63. The molecule has 106 valence electrons. The van der Waals surface area contributed by atoms with Crippen LogP contribution in [0.3, 0.4) is 0 Å². The molecule has 4 heteroatoms. The Morgan fingerprint density at radius 3 is 3.10 bits per heavy atom. The molecule has 1 N–H and O–H groups in total. The Kier molecular flexibility index (Phi) is 1.36. The maximum Gasteiger partial charge on any atom is 0.196 e. The van der Waals surface area contributed by atoms with E-state index in [9.17, 15) is 9.90 Å². The van der Waals surface area contributed by atoms with Gasteiger partial charge in [-0.15, -0.1) is 0 Å². The molecule has 0 aromatic heterocycles. The van der Waals surface area contributed by atoms with Crippen molar-refractivity contribution >= 4 is 5.78 Å². The van der Waals surface area contributed by atoms with Crippen LogP contribution < -0.4 is 9.47 Å². The summed E-state index contributed by atoms with van der Waals surface area (Å²) in [6.45, 7) is 0. The number of carbonyl (C=O) groups is 1. The van der Waals surface area contributed by atoms with E-state index in [-0.39, 0.29) is 17.1 Å². The molecule has 0 saturated heterocycles. The van der Waals surface area contributed by atoms with Crippen LogP contribution in [0.1, 0.15) is 24.0 Å². The van der Waals surface area contributed by atoms with Crippen molar-refractivity contribution in [2.24, 2.45) is 5.92 Å². The smallest absolute Gasteiger partial charge is 0.196 e. The first kappa shape index (κ1) is 10.9. The van der Waals surface area contributed by atoms with Crippen molar-refractivity contribution < 1.29 is 19.4 Å². The van der Waals surface area contributed by atoms with Gasteiger partial charge in [-0.25, -0.2) is 0 Å². The monoisotopic (exact) mass is 282 g/mol. The molecule has 4 aliphatic carbocycles. The van der Waals surface area contributed by atoms with E-state index in [2.05, 4.69) is 6.07 Å². The van der Waals surface area contributed by atoms with Gasteiger partial charge in [-0.3, -0.25) is 4.79 Å². The van der Waals surface area contributed by atoms with E-state index in [0.29, 0.717) is 11.5 Å². The van der Waals surface area contributed by atoms with Crippen LogP contribution in [0.15, 0.2) is 24.3 Å². The number of aliphatic hydroxyl groups is 1. The van der Waals surface area contributed by atoms with Gasteiger partial charge in [-0.05, 0) is 36.6 Å². The molecule has 0 radical (unpaired) electrons. The Balaban J connectivity index is 1.79. The highest BCUT2D eigenvalue weighted by Crippen LogP contribution is 2.84. The van der Waals surface area contributed by atoms with Crippen LogP contribution in [0.2, 0.25) is 0 Å². The van der Waals surface area contributed by atoms with E-state index in [1.807, 2.05) is 6.07 Å². The molecule has 2 spiro atoms. The lowest BCUT2D eigenvalue weighted by atomic mass is 9.61. The minimum atomic E-state index is -0.934. The van der Waals surface area contributed by atoms with Gasteiger partial charge in [0.1, 0.15) is 5.60 Å². The fourth-order valence-electron chi connectivity index (χ4n) is 5.92. The number of methoxy groups -OCH3 is 1. The Morgan fingerprint density at radius 2 is 2.29 bits per heavy atom. The van der Waals surface area contributed by atoms with Crippen LogP contribution in [-0.4, -0.2) is 29.7 Å². The van der Waals surface area contributed by atoms with Crippen LogP contribution in [0.25, 0.3) is 0 Å². The molecule has 1 aromatic carbocycles. The van der Waals surface area contributed by atoms with Crippen LogP contribution in [0, 0.1) is 5.92 Å². The lowest BCUT2D eigenvalue weighted by Crippen LogP contribution is -2.59. The van der Waals surface area contributed by atoms with Crippen molar-refractivity contribution in [1.82, 2.24) is 0 Å². The van der Waals surface area contributed by atoms with E-state index < -0.39 is 17.1 Å². The molecule has 1 aromatic rings. The number of hydrogen-bond acceptors (Lipinski definition) is 4. The third-order valence-electron chi connectivity index (χ3n) is 6.68. The third-order valence-corrected chi connectivity index (χ3v) is 6.68. The summed E-state index contributed by atoms with van der Waals surface area (Å²) in [6, 6.07) is 4.05. The number of hydrogen-bond donors (Lipinski definition) is 1. The van der Waals surface area contributed by atoms with Gasteiger partial charge in [0.15, 0.2) is 23.4 Å². The topological polar surface area (TPSA) is 55.8 Å². The average molecular weight is 282 g/mol. The van der Waals surface area contributed by atoms with Gasteiger partial charge in [-0.2, -0.15) is 0 Å². The summed E-state index contributed by atoms with van der Waals surface area (Å²) in [7, 11) is 1.61. The molecular formula is C17H14O4. The van der Waals surface area contributed by atoms with E-state index in [1.165, 1.54) is 11.6 Å². The number of rotatable bonds is 1. The standard InChI is InChI=1S/C17H14O4/c1-20-10-3-2-8-12-13(10)21-14-9(18)4-5-17(19)11-6-15(8,11)7-16(12,14)17/h2-5,11,14,19H,6-7H2,1H3. The Bertz CT molecular complexity index is 796. The molecule has 1 heterocycles. The SMILES string of the molecule is COc1ccc2c3c1OC1C(=O)C=CC4(O)C5CC25CC314. The average Bonchev–Trinajstić information content (AvgIpc) is 2.91. The minimum absolute atomic E-state index is 0.0396. The maximum atomic E-state index is 12.4. The summed E-state index contributed by atoms with van der Waals surface area (Å²) in [5.74, 6) is 1.53. The minimum Gasteiger partial charge on any atom is -0.493 e. The summed E-state index contributed by atoms with van der Waals surface area (Å²) < 4.78 is 11.4. The molecule has 5 atom stereocenters. The van der Waals surface area contributed by atoms with Crippen LogP contribution in [0.4, 0.5) is 0 Å². The molecule has 2 fully saturated rings. The Morgan fingerprint density at radius 1 is 1.43 bits per heavy atom. The zero-order valence-electron chi connectivity index (χ0n) is 11.6. The molecule has 21 heavy (non-hydrogen) atoms. The summed E-state index contributed by atoms with van der Waals surface area (Å²) >= 11 is 0. The molecule has 2 bridgehead atoms. The van der Waals surface area contributed by atoms with E-state index in [4.69, 9.17) is 9.47 Å². The molecule has 6 rings (SSSR count). The normalized spacial score (nSPS) is 49.0. The van der Waals surface area contributed by atoms with Crippen LogP contribution in [-0.2, 0) is 15.6 Å². The zero-order chi connectivity index (χ0) is 14.2. The Hall–Kier alpha value is -1.81. The first-order valence-electron chi connectivity index (χ1n) is 7.42. The lowest BCUT2D eigenvalue weighted by Gasteiger charge is -2.44. The molecule has 1 aliphatic heterocycles. The van der Waals surface area contributed by atoms with Gasteiger partial charge < -0.3 is 14.6 Å². The quantitative estimate of drug-likeness (QED) is 0.842. The van der Waals surface area contributed by atoms with Crippen LogP contribution >= 0.6 is 0 Å². The molecule has 5 aliphatic rings. The van der Waals surface area contributed by atoms with Crippen molar-refractivity contribution in [3.8, 4) is 11.5 Å². The van der Waals surface area contributed by atoms with Crippen molar-refractivity contribution in [2.75, 3.05) is 7.11 Å². The van der Waals surface area contributed by atoms with Gasteiger partial charge in [-0.1, -0.05) is 6.07 Å². The number of ether oxygens (including phenoxy) is 2. The number of carbonyl (C=O) groups excluding carboxylic acids is 1. The molecular weight excluding hydrogens is 268 g/mol. The Labute approximate surface area is 121 Å². The highest BCUT2D eigenvalue weighted by atomic mass is 16.5. The van der Waals surface area contributed by atoms with Crippen LogP contribution in [0.5, 0.6) is 11.5 Å². The van der Waals surface area contributed by atoms with Gasteiger partial charge in [0.2, 0.25) is 0 Å². The fourth-order valence-corrected chi connectivity index (χ4v) is 5.92. The first-order valence-corrected chi connectivity index (χ1v) is 7.42. The highest BCUT2D eigenvalue weighted by Gasteiger charge is 2.87. The van der Waals surface area contributed by atoms with E-state index in [0.717, 1.165) is 18.4 Å². The van der Waals surface area contributed by atoms with Gasteiger partial charge in [0.05, 0.1) is 12.5 Å². The predicted molar refractivity (Wildman–Crippen MR) is 72.6 cm³/mol. The van der Waals surface area contributed by atoms with Gasteiger partial charge in [0.25, 0.3) is 0 Å². The van der Waals surface area contributed by atoms with Gasteiger partial charge >= 0.3 is 0 Å². The summed E-state index contributed by atoms with van der Waals surface area (Å²) in [6.07, 6.45) is 4.50. The summed E-state index contributed by atoms with van der Waals surface area (Å²) in [4.78, 5) is 12.4. The highest BCUT2D eigenvalue weighted by molar-refractivity contribution is 6.00. The second-order valence-electron chi connectivity index (χ2n) is 7.14. The molecule has 4 nitrogen and oxygen atoms in total. The largest absolute Gasteiger partial charge is 0.493 e. The molecule has 2 saturated carbocycles. The summed E-state index contributed by atoms with van der Waals surface area (Å²) in [5, 5.41) is 11.4. The number of benzene rings is 1. The predicted octanol–water partition coefficient (Wildman–Crippen LogP) is 1.24. The number of fused-ring (bicyclic) bond motifs is 1. The van der Waals surface area contributed by atoms with E-state index in [1.54, 1.807) is 13.2 Å². The van der Waals surface area contributed by atoms with Crippen molar-refractivity contribution in [3.63, 3.8) is 0 Å². The van der Waals surface area contributed by atoms with Crippen molar-refractivity contribution in [3.05, 3.63) is 35.4 Å². The fraction of sp³-hybridized carbons (Fsp3) is 0.471. The van der Waals surface area contributed by atoms with E-state index >= 15 is 0 Å². The molecule has 0 amide bonds. The first-order chi connectivity index (χ1) is 10.1. The lowest BCUT2D eigenvalue weighted by molar-refractivity contribution is -0.130. The molecule has 5 unspecified atom stereocenters. The third kappa shape index (κ3) is 0.760. The number of ketones is 1. The zero-order valence-corrected chi connectivity index (χ0v) is 11.6. The van der Waals surface area contributed by atoms with Crippen molar-refractivity contribution in [1.29, 1.82) is 0 Å². The van der Waals surface area contributed by atoms with Crippen molar-refractivity contribution in [2.45, 2.75) is 35.4 Å². The van der Waals surface area contributed by atoms with Gasteiger partial charge in [0, 0.05) is 16.9 Å². The summed E-state index contributed by atoms with van der Waals surface area (Å²) in [5.41, 5.74) is 0.860.